The lowest BCUT2D eigenvalue weighted by Crippen LogP contribution is -2.12. The molecule has 114 valence electrons. The van der Waals surface area contributed by atoms with Crippen molar-refractivity contribution in [3.05, 3.63) is 66.6 Å². The summed E-state index contributed by atoms with van der Waals surface area (Å²) in [6.07, 6.45) is 3.15. The van der Waals surface area contributed by atoms with Crippen LogP contribution < -0.4 is 16.2 Å². The maximum atomic E-state index is 11.3. The highest BCUT2D eigenvalue weighted by Crippen LogP contribution is 2.31. The third-order valence-electron chi connectivity index (χ3n) is 3.19. The number of aromatic nitrogens is 2. The lowest BCUT2D eigenvalue weighted by atomic mass is 10.1. The van der Waals surface area contributed by atoms with E-state index in [1.165, 1.54) is 6.20 Å². The molecule has 2 heterocycles. The van der Waals surface area contributed by atoms with Crippen molar-refractivity contribution in [3.63, 3.8) is 0 Å². The van der Waals surface area contributed by atoms with E-state index in [1.807, 2.05) is 6.07 Å². The molecule has 2 aromatic heterocycles. The van der Waals surface area contributed by atoms with E-state index in [1.54, 1.807) is 48.7 Å². The molecular formula is C17H14N4O2. The van der Waals surface area contributed by atoms with Gasteiger partial charge in [0.05, 0.1) is 0 Å². The highest BCUT2D eigenvalue weighted by Gasteiger charge is 2.11. The molecule has 23 heavy (non-hydrogen) atoms. The number of ether oxygens (including phenoxy) is 1. The number of amides is 1. The van der Waals surface area contributed by atoms with Gasteiger partial charge in [-0.15, -0.1) is 0 Å². The third kappa shape index (κ3) is 3.26. The average molecular weight is 306 g/mol. The zero-order valence-electron chi connectivity index (χ0n) is 12.1. The Bertz CT molecular complexity index is 847. The zero-order chi connectivity index (χ0) is 16.2. The zero-order valence-corrected chi connectivity index (χ0v) is 12.1. The van der Waals surface area contributed by atoms with Gasteiger partial charge in [-0.2, -0.15) is 0 Å². The monoisotopic (exact) mass is 306 g/mol. The number of nitrogens with two attached hydrogens (primary N) is 2. The summed E-state index contributed by atoms with van der Waals surface area (Å²) >= 11 is 0. The van der Waals surface area contributed by atoms with Gasteiger partial charge in [0, 0.05) is 23.6 Å². The molecule has 1 amide bonds. The lowest BCUT2D eigenvalue weighted by molar-refractivity contribution is 0.0995. The minimum absolute atomic E-state index is 0.185. The molecule has 6 heteroatoms. The van der Waals surface area contributed by atoms with Gasteiger partial charge in [-0.05, 0) is 54.1 Å². The first-order valence-corrected chi connectivity index (χ1v) is 6.88. The summed E-state index contributed by atoms with van der Waals surface area (Å²) in [4.78, 5) is 19.5. The van der Waals surface area contributed by atoms with Crippen molar-refractivity contribution in [1.29, 1.82) is 0 Å². The van der Waals surface area contributed by atoms with Gasteiger partial charge in [0.15, 0.2) is 0 Å². The molecule has 0 atom stereocenters. The molecule has 3 rings (SSSR count). The first-order chi connectivity index (χ1) is 11.1. The van der Waals surface area contributed by atoms with Gasteiger partial charge < -0.3 is 16.2 Å². The van der Waals surface area contributed by atoms with E-state index in [0.717, 1.165) is 11.1 Å². The number of anilines is 1. The van der Waals surface area contributed by atoms with E-state index in [-0.39, 0.29) is 5.69 Å². The maximum Gasteiger partial charge on any atom is 0.267 e. The molecule has 0 aliphatic carbocycles. The summed E-state index contributed by atoms with van der Waals surface area (Å²) < 4.78 is 5.82. The first kappa shape index (κ1) is 14.5. The fourth-order valence-electron chi connectivity index (χ4n) is 2.07. The lowest BCUT2D eigenvalue weighted by Gasteiger charge is -2.10. The number of rotatable bonds is 4. The van der Waals surface area contributed by atoms with Crippen molar-refractivity contribution in [1.82, 2.24) is 9.97 Å². The van der Waals surface area contributed by atoms with Gasteiger partial charge in [-0.1, -0.05) is 0 Å². The summed E-state index contributed by atoms with van der Waals surface area (Å²) in [5, 5.41) is 0. The molecule has 0 spiro atoms. The second-order valence-corrected chi connectivity index (χ2v) is 4.82. The molecule has 1 aromatic carbocycles. The SMILES string of the molecule is NC(=O)c1cc(-c2cccnc2Oc2ccc(N)cc2)ccn1. The summed E-state index contributed by atoms with van der Waals surface area (Å²) in [6, 6.07) is 14.0. The predicted octanol–water partition coefficient (Wildman–Crippen LogP) is 2.62. The Morgan fingerprint density at radius 3 is 2.52 bits per heavy atom. The van der Waals surface area contributed by atoms with Crippen LogP contribution in [0.1, 0.15) is 10.5 Å². The van der Waals surface area contributed by atoms with Crippen LogP contribution in [0.15, 0.2) is 60.9 Å². The van der Waals surface area contributed by atoms with Crippen molar-refractivity contribution < 1.29 is 9.53 Å². The van der Waals surface area contributed by atoms with E-state index in [4.69, 9.17) is 16.2 Å². The number of carbonyl (C=O) groups excluding carboxylic acids is 1. The van der Waals surface area contributed by atoms with Crippen LogP contribution in [0.5, 0.6) is 11.6 Å². The molecule has 0 aliphatic rings. The number of nitrogen functional groups attached to an aromatic ring is 1. The Hall–Kier alpha value is -3.41. The van der Waals surface area contributed by atoms with E-state index in [2.05, 4.69) is 9.97 Å². The van der Waals surface area contributed by atoms with Crippen molar-refractivity contribution in [3.8, 4) is 22.8 Å². The molecule has 0 saturated heterocycles. The fraction of sp³-hybridized carbons (Fsp3) is 0. The summed E-state index contributed by atoms with van der Waals surface area (Å²) in [5.41, 5.74) is 13.3. The Kier molecular flexibility index (Phi) is 3.88. The summed E-state index contributed by atoms with van der Waals surface area (Å²) in [6.45, 7) is 0. The normalized spacial score (nSPS) is 10.3. The summed E-state index contributed by atoms with van der Waals surface area (Å²) in [5.74, 6) is 0.443. The van der Waals surface area contributed by atoms with Crippen LogP contribution in [-0.2, 0) is 0 Å². The quantitative estimate of drug-likeness (QED) is 0.721. The molecule has 0 unspecified atom stereocenters. The van der Waals surface area contributed by atoms with Crippen molar-refractivity contribution in [2.24, 2.45) is 5.73 Å². The predicted molar refractivity (Wildman–Crippen MR) is 86.9 cm³/mol. The molecule has 3 aromatic rings. The van der Waals surface area contributed by atoms with Gasteiger partial charge in [0.25, 0.3) is 5.91 Å². The highest BCUT2D eigenvalue weighted by molar-refractivity contribution is 5.92. The molecule has 0 radical (unpaired) electrons. The number of nitrogens with zero attached hydrogens (tertiary/aromatic N) is 2. The molecule has 0 aliphatic heterocycles. The smallest absolute Gasteiger partial charge is 0.267 e. The van der Waals surface area contributed by atoms with Crippen molar-refractivity contribution in [2.45, 2.75) is 0 Å². The maximum absolute atomic E-state index is 11.3. The molecule has 0 saturated carbocycles. The topological polar surface area (TPSA) is 104 Å². The first-order valence-electron chi connectivity index (χ1n) is 6.88. The van der Waals surface area contributed by atoms with E-state index in [9.17, 15) is 4.79 Å². The fourth-order valence-corrected chi connectivity index (χ4v) is 2.07. The Morgan fingerprint density at radius 2 is 1.78 bits per heavy atom. The van der Waals surface area contributed by atoms with E-state index in [0.29, 0.717) is 17.3 Å². The van der Waals surface area contributed by atoms with Crippen LogP contribution in [0, 0.1) is 0 Å². The Labute approximate surface area is 132 Å². The van der Waals surface area contributed by atoms with Crippen LogP contribution in [-0.4, -0.2) is 15.9 Å². The molecule has 6 nitrogen and oxygen atoms in total. The van der Waals surface area contributed by atoms with Gasteiger partial charge in [-0.3, -0.25) is 9.78 Å². The largest absolute Gasteiger partial charge is 0.438 e. The van der Waals surface area contributed by atoms with Crippen molar-refractivity contribution in [2.75, 3.05) is 5.73 Å². The van der Waals surface area contributed by atoms with Gasteiger partial charge in [-0.25, -0.2) is 4.98 Å². The minimum Gasteiger partial charge on any atom is -0.438 e. The Balaban J connectivity index is 1.99. The summed E-state index contributed by atoms with van der Waals surface area (Å²) in [7, 11) is 0. The standard InChI is InChI=1S/C17H14N4O2/c18-12-3-5-13(6-4-12)23-17-14(2-1-8-21-17)11-7-9-20-15(10-11)16(19)22/h1-10H,18H2,(H2,19,22). The van der Waals surface area contributed by atoms with Crippen LogP contribution >= 0.6 is 0 Å². The van der Waals surface area contributed by atoms with Crippen LogP contribution in [0.4, 0.5) is 5.69 Å². The molecular weight excluding hydrogens is 292 g/mol. The van der Waals surface area contributed by atoms with Crippen LogP contribution in [0.25, 0.3) is 11.1 Å². The number of benzene rings is 1. The third-order valence-corrected chi connectivity index (χ3v) is 3.19. The van der Waals surface area contributed by atoms with Gasteiger partial charge >= 0.3 is 0 Å². The van der Waals surface area contributed by atoms with Crippen molar-refractivity contribution >= 4 is 11.6 Å². The number of pyridine rings is 2. The number of hydrogen-bond acceptors (Lipinski definition) is 5. The van der Waals surface area contributed by atoms with E-state index < -0.39 is 5.91 Å². The van der Waals surface area contributed by atoms with Gasteiger partial charge in [0.1, 0.15) is 11.4 Å². The average Bonchev–Trinajstić information content (AvgIpc) is 2.57. The molecule has 0 fully saturated rings. The number of carbonyl (C=O) groups is 1. The second kappa shape index (κ2) is 6.15. The van der Waals surface area contributed by atoms with Gasteiger partial charge in [0.2, 0.25) is 5.88 Å². The highest BCUT2D eigenvalue weighted by atomic mass is 16.5. The molecule has 0 bridgehead atoms. The molecule has 4 N–H and O–H groups in total. The number of hydrogen-bond donors (Lipinski definition) is 2. The minimum atomic E-state index is -0.586. The Morgan fingerprint density at radius 1 is 1.00 bits per heavy atom. The van der Waals surface area contributed by atoms with E-state index >= 15 is 0 Å². The van der Waals surface area contributed by atoms with Crippen LogP contribution in [0.3, 0.4) is 0 Å². The van der Waals surface area contributed by atoms with Crippen LogP contribution in [0.2, 0.25) is 0 Å². The number of primary amides is 1. The second-order valence-electron chi connectivity index (χ2n) is 4.82.